The third-order valence-corrected chi connectivity index (χ3v) is 5.43. The summed E-state index contributed by atoms with van der Waals surface area (Å²) in [5.41, 5.74) is 0.832. The van der Waals surface area contributed by atoms with Gasteiger partial charge in [0.15, 0.2) is 5.69 Å². The van der Waals surface area contributed by atoms with Crippen molar-refractivity contribution in [1.29, 1.82) is 0 Å². The van der Waals surface area contributed by atoms with E-state index in [1.165, 1.54) is 28.9 Å². The van der Waals surface area contributed by atoms with Gasteiger partial charge in [-0.2, -0.15) is 5.10 Å². The molecule has 0 spiro atoms. The normalized spacial score (nSPS) is 11.0. The number of carbonyl (C=O) groups excluding carboxylic acids is 1. The van der Waals surface area contributed by atoms with E-state index in [9.17, 15) is 19.7 Å². The lowest BCUT2D eigenvalue weighted by molar-refractivity contribution is -0.384. The van der Waals surface area contributed by atoms with E-state index in [2.05, 4.69) is 29.2 Å². The first-order valence-corrected chi connectivity index (χ1v) is 11.0. The maximum Gasteiger partial charge on any atom is 0.294 e. The molecule has 2 heterocycles. The highest BCUT2D eigenvalue weighted by atomic mass is 16.6. The highest BCUT2D eigenvalue weighted by Crippen LogP contribution is 2.22. The van der Waals surface area contributed by atoms with Gasteiger partial charge in [0, 0.05) is 48.4 Å². The molecule has 0 aliphatic heterocycles. The van der Waals surface area contributed by atoms with Crippen LogP contribution in [0, 0.1) is 17.0 Å². The molecule has 0 radical (unpaired) electrons. The molecule has 178 valence electrons. The standard InChI is InChI=1S/C25H24N6O4/c1-16(2)24-26-11-12-29(24)15-18-7-6-8-19(14-18)27-25(33)23-22(32)13-17(3)30(28-23)20-9-4-5-10-21(20)31(34)35/h4-14,16H,15H2,1-3H3,(H,27,33). The Morgan fingerprint density at radius 3 is 2.66 bits per heavy atom. The monoisotopic (exact) mass is 472 g/mol. The topological polar surface area (TPSA) is 125 Å². The van der Waals surface area contributed by atoms with E-state index in [1.807, 2.05) is 29.0 Å². The molecule has 1 amide bonds. The summed E-state index contributed by atoms with van der Waals surface area (Å²) < 4.78 is 3.27. The molecule has 0 bridgehead atoms. The van der Waals surface area contributed by atoms with E-state index in [4.69, 9.17) is 0 Å². The first-order valence-electron chi connectivity index (χ1n) is 11.0. The number of anilines is 1. The second-order valence-electron chi connectivity index (χ2n) is 8.38. The number of para-hydroxylation sites is 2. The van der Waals surface area contributed by atoms with Crippen LogP contribution in [0.5, 0.6) is 0 Å². The van der Waals surface area contributed by atoms with Gasteiger partial charge in [0.1, 0.15) is 11.5 Å². The van der Waals surface area contributed by atoms with Gasteiger partial charge in [-0.25, -0.2) is 9.67 Å². The number of nitrogens with zero attached hydrogens (tertiary/aromatic N) is 5. The molecule has 0 aliphatic rings. The smallest absolute Gasteiger partial charge is 0.294 e. The fourth-order valence-electron chi connectivity index (χ4n) is 3.84. The molecule has 0 saturated carbocycles. The summed E-state index contributed by atoms with van der Waals surface area (Å²) in [5.74, 6) is 0.520. The van der Waals surface area contributed by atoms with E-state index in [-0.39, 0.29) is 23.0 Å². The molecule has 4 aromatic rings. The van der Waals surface area contributed by atoms with E-state index in [0.29, 0.717) is 17.9 Å². The molecular weight excluding hydrogens is 448 g/mol. The van der Waals surface area contributed by atoms with Gasteiger partial charge in [-0.15, -0.1) is 0 Å². The number of rotatable bonds is 7. The summed E-state index contributed by atoms with van der Waals surface area (Å²) in [6.45, 7) is 6.31. The van der Waals surface area contributed by atoms with Crippen molar-refractivity contribution in [3.63, 3.8) is 0 Å². The summed E-state index contributed by atoms with van der Waals surface area (Å²) >= 11 is 0. The number of benzene rings is 2. The number of aryl methyl sites for hydroxylation is 1. The molecule has 0 atom stereocenters. The fourth-order valence-corrected chi connectivity index (χ4v) is 3.84. The minimum atomic E-state index is -0.704. The molecule has 1 N–H and O–H groups in total. The molecule has 10 heteroatoms. The van der Waals surface area contributed by atoms with Gasteiger partial charge in [-0.1, -0.05) is 38.1 Å². The molecule has 35 heavy (non-hydrogen) atoms. The van der Waals surface area contributed by atoms with Crippen molar-refractivity contribution < 1.29 is 9.72 Å². The Morgan fingerprint density at radius 2 is 1.91 bits per heavy atom. The molecule has 10 nitrogen and oxygen atoms in total. The van der Waals surface area contributed by atoms with Gasteiger partial charge in [0.2, 0.25) is 5.43 Å². The number of amides is 1. The van der Waals surface area contributed by atoms with Crippen LogP contribution < -0.4 is 10.7 Å². The van der Waals surface area contributed by atoms with Gasteiger partial charge in [0.05, 0.1) is 4.92 Å². The van der Waals surface area contributed by atoms with Crippen LogP contribution in [0.3, 0.4) is 0 Å². The Balaban J connectivity index is 1.62. The van der Waals surface area contributed by atoms with Crippen LogP contribution in [0.1, 0.15) is 47.3 Å². The quantitative estimate of drug-likeness (QED) is 0.319. The first-order chi connectivity index (χ1) is 16.7. The Bertz CT molecular complexity index is 1470. The highest BCUT2D eigenvalue weighted by molar-refractivity contribution is 6.02. The largest absolute Gasteiger partial charge is 0.330 e. The molecule has 2 aromatic heterocycles. The van der Waals surface area contributed by atoms with Crippen molar-refractivity contribution >= 4 is 17.3 Å². The van der Waals surface area contributed by atoms with Gasteiger partial charge in [0.25, 0.3) is 11.6 Å². The van der Waals surface area contributed by atoms with Crippen LogP contribution in [0.25, 0.3) is 5.69 Å². The van der Waals surface area contributed by atoms with Gasteiger partial charge in [-0.05, 0) is 30.7 Å². The maximum absolute atomic E-state index is 13.0. The zero-order valence-electron chi connectivity index (χ0n) is 19.5. The number of carbonyl (C=O) groups is 1. The Hall–Kier alpha value is -4.60. The summed E-state index contributed by atoms with van der Waals surface area (Å²) in [6.07, 6.45) is 3.66. The molecule has 2 aromatic carbocycles. The predicted octanol–water partition coefficient (Wildman–Crippen LogP) is 4.07. The second-order valence-corrected chi connectivity index (χ2v) is 8.38. The van der Waals surface area contributed by atoms with Crippen LogP contribution in [-0.2, 0) is 6.54 Å². The fraction of sp³-hybridized carbons (Fsp3) is 0.200. The van der Waals surface area contributed by atoms with Gasteiger partial charge >= 0.3 is 0 Å². The Morgan fingerprint density at radius 1 is 1.14 bits per heavy atom. The van der Waals surface area contributed by atoms with Crippen LogP contribution in [0.15, 0.2) is 71.8 Å². The van der Waals surface area contributed by atoms with Crippen molar-refractivity contribution in [2.24, 2.45) is 0 Å². The lowest BCUT2D eigenvalue weighted by Gasteiger charge is -2.13. The van der Waals surface area contributed by atoms with Crippen molar-refractivity contribution in [3.05, 3.63) is 110 Å². The molecular formula is C25H24N6O4. The van der Waals surface area contributed by atoms with Crippen molar-refractivity contribution in [3.8, 4) is 5.69 Å². The number of nitro groups is 1. The number of nitrogens with one attached hydrogen (secondary N) is 1. The van der Waals surface area contributed by atoms with Crippen LogP contribution in [-0.4, -0.2) is 30.2 Å². The van der Waals surface area contributed by atoms with E-state index in [1.54, 1.807) is 25.3 Å². The van der Waals surface area contributed by atoms with Crippen molar-refractivity contribution in [1.82, 2.24) is 19.3 Å². The van der Waals surface area contributed by atoms with Gasteiger partial charge < -0.3 is 9.88 Å². The van der Waals surface area contributed by atoms with Crippen LogP contribution in [0.2, 0.25) is 0 Å². The average molecular weight is 473 g/mol. The SMILES string of the molecule is Cc1cc(=O)c(C(=O)Nc2cccc(Cn3ccnc3C(C)C)c2)nn1-c1ccccc1[N+](=O)[O-]. The van der Waals surface area contributed by atoms with E-state index in [0.717, 1.165) is 11.4 Å². The molecule has 0 unspecified atom stereocenters. The molecule has 0 fully saturated rings. The average Bonchev–Trinajstić information content (AvgIpc) is 3.28. The van der Waals surface area contributed by atoms with Crippen molar-refractivity contribution in [2.45, 2.75) is 33.2 Å². The molecule has 4 rings (SSSR count). The zero-order chi connectivity index (χ0) is 25.1. The Kier molecular flexibility index (Phi) is 6.54. The van der Waals surface area contributed by atoms with Gasteiger partial charge in [-0.3, -0.25) is 19.7 Å². The van der Waals surface area contributed by atoms with Crippen LogP contribution in [0.4, 0.5) is 11.4 Å². The third kappa shape index (κ3) is 5.01. The number of imidazole rings is 1. The first kappa shape index (κ1) is 23.6. The van der Waals surface area contributed by atoms with E-state index >= 15 is 0 Å². The van der Waals surface area contributed by atoms with E-state index < -0.39 is 16.3 Å². The predicted molar refractivity (Wildman–Crippen MR) is 131 cm³/mol. The minimum absolute atomic E-state index is 0.160. The zero-order valence-corrected chi connectivity index (χ0v) is 19.5. The minimum Gasteiger partial charge on any atom is -0.330 e. The Labute approximate surface area is 201 Å². The van der Waals surface area contributed by atoms with Crippen molar-refractivity contribution in [2.75, 3.05) is 5.32 Å². The third-order valence-electron chi connectivity index (χ3n) is 5.43. The number of hydrogen-bond donors (Lipinski definition) is 1. The number of hydrogen-bond acceptors (Lipinski definition) is 6. The molecule has 0 saturated heterocycles. The summed E-state index contributed by atoms with van der Waals surface area (Å²) in [7, 11) is 0. The lowest BCUT2D eigenvalue weighted by atomic mass is 10.1. The van der Waals surface area contributed by atoms with Crippen LogP contribution >= 0.6 is 0 Å². The summed E-state index contributed by atoms with van der Waals surface area (Å²) in [6, 6.07) is 14.5. The lowest BCUT2D eigenvalue weighted by Crippen LogP contribution is -2.27. The molecule has 0 aliphatic carbocycles. The number of nitro benzene ring substituents is 1. The highest BCUT2D eigenvalue weighted by Gasteiger charge is 2.20. The second kappa shape index (κ2) is 9.72. The number of aromatic nitrogens is 4. The summed E-state index contributed by atoms with van der Waals surface area (Å²) in [5, 5.41) is 18.3. The summed E-state index contributed by atoms with van der Waals surface area (Å²) in [4.78, 5) is 40.9. The maximum atomic E-state index is 13.0.